The van der Waals surface area contributed by atoms with E-state index in [-0.39, 0.29) is 56.1 Å². The highest BCUT2D eigenvalue weighted by Crippen LogP contribution is 2.38. The number of aliphatic hydroxyl groups is 3. The number of ketones is 2. The molecule has 81 heavy (non-hydrogen) atoms. The van der Waals surface area contributed by atoms with Crippen molar-refractivity contribution in [2.24, 2.45) is 35.5 Å². The number of aliphatic hydroxyl groups excluding tert-OH is 2. The molecule has 0 aromatic carbocycles. The lowest BCUT2D eigenvalue weighted by Gasteiger charge is -2.43. The van der Waals surface area contributed by atoms with Crippen molar-refractivity contribution in [3.05, 3.63) is 47.6 Å². The second-order valence-electron chi connectivity index (χ2n) is 22.9. The molecule has 20 nitrogen and oxygen atoms in total. The topological polar surface area (TPSA) is 254 Å². The second-order valence-corrected chi connectivity index (χ2v) is 22.9. The van der Waals surface area contributed by atoms with E-state index in [0.717, 1.165) is 5.57 Å². The van der Waals surface area contributed by atoms with E-state index >= 15 is 0 Å². The number of fused-ring (bicyclic) bond motifs is 3. The van der Waals surface area contributed by atoms with E-state index in [9.17, 15) is 39.3 Å². The van der Waals surface area contributed by atoms with Gasteiger partial charge in [0, 0.05) is 72.1 Å². The van der Waals surface area contributed by atoms with Gasteiger partial charge in [0.25, 0.3) is 11.7 Å². The maximum Gasteiger partial charge on any atom is 0.407 e. The van der Waals surface area contributed by atoms with Gasteiger partial charge in [-0.05, 0) is 107 Å². The number of piperidine rings is 1. The fourth-order valence-corrected chi connectivity index (χ4v) is 11.5. The Morgan fingerprint density at radius 2 is 1.47 bits per heavy atom. The summed E-state index contributed by atoms with van der Waals surface area (Å²) in [7, 11) is 6.15. The Morgan fingerprint density at radius 1 is 0.778 bits per heavy atom. The summed E-state index contributed by atoms with van der Waals surface area (Å²) in [5.74, 6) is -7.72. The molecule has 3 heterocycles. The lowest BCUT2D eigenvalue weighted by Crippen LogP contribution is -2.61. The van der Waals surface area contributed by atoms with Crippen molar-refractivity contribution in [1.82, 2.24) is 10.2 Å². The third-order valence-corrected chi connectivity index (χ3v) is 16.6. The molecule has 3 fully saturated rings. The average molecular weight is 1150 g/mol. The predicted molar refractivity (Wildman–Crippen MR) is 303 cm³/mol. The number of hydrogen-bond acceptors (Lipinski definition) is 18. The normalized spacial score (nSPS) is 35.6. The van der Waals surface area contributed by atoms with Gasteiger partial charge in [-0.1, -0.05) is 71.1 Å². The first-order chi connectivity index (χ1) is 38.7. The Bertz CT molecular complexity index is 2070. The zero-order valence-electron chi connectivity index (χ0n) is 50.4. The van der Waals surface area contributed by atoms with Crippen molar-refractivity contribution in [2.75, 3.05) is 87.8 Å². The molecule has 0 radical (unpaired) electrons. The number of alkyl carbamates (subject to hydrolysis) is 1. The molecule has 462 valence electrons. The molecule has 2 amide bonds. The third-order valence-electron chi connectivity index (χ3n) is 16.6. The standard InChI is InChI=1S/C61H100N2O18/c1-39-17-13-12-14-18-40(2)51(73-9)37-47-22-20-45(7)61(71,81-47)57(67)58(68)63-25-16-15-19-48(63)59(69)79-52(38-49(64)41(3)34-44(6)55(66)56(75-11)54(65)43(5)33-39)42(4)35-46-21-23-50(53(36-46)74-10)80-60(70)62-24-26-76-29-30-78-32-31-77-28-27-72-8/h12-14,17-18,34,39,41-43,45-53,55-56,64,66,71H,15-16,19-33,35-38H2,1-11H3,(H,62,70)/b14-12+,17-13+,40-18+,44-34+/t39-,41-,42-,43-,45?,46+,47+,48+,49-,50-,51+,52+,53-,55-,56+,61-/m1/s1. The molecule has 1 aliphatic carbocycles. The smallest absolute Gasteiger partial charge is 0.407 e. The van der Waals surface area contributed by atoms with Gasteiger partial charge in [-0.3, -0.25) is 14.4 Å². The lowest BCUT2D eigenvalue weighted by atomic mass is 9.78. The quantitative estimate of drug-likeness (QED) is 0.0472. The van der Waals surface area contributed by atoms with Crippen LogP contribution in [0.4, 0.5) is 4.79 Å². The van der Waals surface area contributed by atoms with E-state index in [2.05, 4.69) is 5.32 Å². The van der Waals surface area contributed by atoms with Crippen LogP contribution in [0.5, 0.6) is 0 Å². The van der Waals surface area contributed by atoms with Gasteiger partial charge in [0.2, 0.25) is 5.79 Å². The number of carbonyl (C=O) groups is 5. The highest BCUT2D eigenvalue weighted by molar-refractivity contribution is 6.39. The van der Waals surface area contributed by atoms with E-state index in [1.54, 1.807) is 48.2 Å². The van der Waals surface area contributed by atoms with Crippen molar-refractivity contribution in [1.29, 1.82) is 0 Å². The maximum atomic E-state index is 14.7. The van der Waals surface area contributed by atoms with Crippen molar-refractivity contribution in [2.45, 2.75) is 186 Å². The number of carbonyl (C=O) groups excluding carboxylic acids is 5. The van der Waals surface area contributed by atoms with Crippen molar-refractivity contribution < 1.29 is 86.7 Å². The average Bonchev–Trinajstić information content (AvgIpc) is 3.56. The molecule has 3 aliphatic heterocycles. The van der Waals surface area contributed by atoms with Gasteiger partial charge in [0.1, 0.15) is 30.5 Å². The molecule has 16 atom stereocenters. The predicted octanol–water partition coefficient (Wildman–Crippen LogP) is 6.40. The van der Waals surface area contributed by atoms with Crippen molar-refractivity contribution >= 4 is 29.5 Å². The Kier molecular flexibility index (Phi) is 30.9. The van der Waals surface area contributed by atoms with E-state index in [1.807, 2.05) is 58.1 Å². The van der Waals surface area contributed by atoms with Crippen LogP contribution in [0.25, 0.3) is 0 Å². The number of allylic oxidation sites excluding steroid dienone is 5. The van der Waals surface area contributed by atoms with Gasteiger partial charge < -0.3 is 72.9 Å². The van der Waals surface area contributed by atoms with Gasteiger partial charge in [0.05, 0.1) is 70.7 Å². The molecule has 0 aromatic heterocycles. The largest absolute Gasteiger partial charge is 0.460 e. The molecule has 2 bridgehead atoms. The molecule has 4 aliphatic rings. The SMILES string of the molecule is COCCOCCOCCOCCNC(=O)O[C@@H]1CC[C@@H](C[C@@H](C)[C@@H]2C[C@@H](O)[C@H](C)/C=C(\C)[C@@H](O)[C@@H](OC)C(=O)[C@H](C)C[C@H](C)/C=C/C=C/C=C(\C)[C@@H](OC)C[C@@H]3CCC(C)[C@@](O)(O3)C(=O)C(=O)N3CCCC[C@H]3C(=O)O2)C[C@H]1OC. The maximum absolute atomic E-state index is 14.7. The van der Waals surface area contributed by atoms with Gasteiger partial charge in [-0.15, -0.1) is 0 Å². The summed E-state index contributed by atoms with van der Waals surface area (Å²) >= 11 is 0. The summed E-state index contributed by atoms with van der Waals surface area (Å²) in [6.45, 7) is 16.0. The van der Waals surface area contributed by atoms with Gasteiger partial charge in [-0.25, -0.2) is 9.59 Å². The molecule has 0 aromatic rings. The molecular formula is C61H100N2O18. The Labute approximate surface area is 481 Å². The van der Waals surface area contributed by atoms with Crippen LogP contribution in [0.1, 0.15) is 126 Å². The molecule has 4 N–H and O–H groups in total. The molecule has 4 rings (SSSR count). The zero-order valence-corrected chi connectivity index (χ0v) is 50.4. The first kappa shape index (κ1) is 69.6. The van der Waals surface area contributed by atoms with Crippen LogP contribution in [-0.2, 0) is 66.5 Å². The number of nitrogens with one attached hydrogen (secondary N) is 1. The summed E-state index contributed by atoms with van der Waals surface area (Å²) in [4.78, 5) is 71.4. The number of nitrogens with zero attached hydrogens (tertiary/aromatic N) is 1. The number of rotatable bonds is 19. The molecule has 20 heteroatoms. The minimum atomic E-state index is -2.45. The summed E-state index contributed by atoms with van der Waals surface area (Å²) in [5, 5.41) is 38.4. The molecule has 1 unspecified atom stereocenters. The monoisotopic (exact) mass is 1150 g/mol. The number of ether oxygens (including phenoxy) is 10. The summed E-state index contributed by atoms with van der Waals surface area (Å²) < 4.78 is 57.2. The summed E-state index contributed by atoms with van der Waals surface area (Å²) in [6, 6.07) is -1.16. The minimum absolute atomic E-state index is 0.00788. The van der Waals surface area contributed by atoms with E-state index < -0.39 is 102 Å². The fraction of sp³-hybridized carbons (Fsp3) is 0.787. The van der Waals surface area contributed by atoms with Gasteiger partial charge in [-0.2, -0.15) is 0 Å². The number of hydrogen-bond donors (Lipinski definition) is 4. The number of methoxy groups -OCH3 is 4. The highest BCUT2D eigenvalue weighted by atomic mass is 16.6. The summed E-state index contributed by atoms with van der Waals surface area (Å²) in [6.07, 6.45) is 9.40. The van der Waals surface area contributed by atoms with E-state index in [1.165, 1.54) is 12.0 Å². The Hall–Kier alpha value is -3.93. The molecule has 0 spiro atoms. The lowest BCUT2D eigenvalue weighted by molar-refractivity contribution is -0.265. The zero-order chi connectivity index (χ0) is 59.6. The van der Waals surface area contributed by atoms with Crippen LogP contribution < -0.4 is 5.32 Å². The molecule has 1 saturated carbocycles. The van der Waals surface area contributed by atoms with Crippen molar-refractivity contribution in [3.8, 4) is 0 Å². The first-order valence-corrected chi connectivity index (χ1v) is 29.5. The van der Waals surface area contributed by atoms with E-state index in [4.69, 9.17) is 47.4 Å². The van der Waals surface area contributed by atoms with Crippen LogP contribution in [0.15, 0.2) is 47.6 Å². The first-order valence-electron chi connectivity index (χ1n) is 29.5. The van der Waals surface area contributed by atoms with Crippen molar-refractivity contribution in [3.63, 3.8) is 0 Å². The fourth-order valence-electron chi connectivity index (χ4n) is 11.5. The van der Waals surface area contributed by atoms with Crippen LogP contribution in [0.2, 0.25) is 0 Å². The highest BCUT2D eigenvalue weighted by Gasteiger charge is 2.53. The van der Waals surface area contributed by atoms with Crippen LogP contribution in [0.3, 0.4) is 0 Å². The Balaban J connectivity index is 1.55. The molecule has 2 saturated heterocycles. The van der Waals surface area contributed by atoms with Crippen LogP contribution in [-0.4, -0.2) is 198 Å². The minimum Gasteiger partial charge on any atom is -0.460 e. The second kappa shape index (κ2) is 36.0. The van der Waals surface area contributed by atoms with Crippen LogP contribution in [0, 0.1) is 35.5 Å². The number of Topliss-reactive ketones (excluding diaryl/α,β-unsaturated/α-hetero) is 2. The summed E-state index contributed by atoms with van der Waals surface area (Å²) in [5.41, 5.74) is 1.29. The van der Waals surface area contributed by atoms with Gasteiger partial charge >= 0.3 is 12.1 Å². The van der Waals surface area contributed by atoms with E-state index in [0.29, 0.717) is 109 Å². The third kappa shape index (κ3) is 21.9. The molecular weight excluding hydrogens is 1050 g/mol. The Morgan fingerprint density at radius 3 is 2.14 bits per heavy atom. The number of amides is 2. The van der Waals surface area contributed by atoms with Crippen LogP contribution >= 0.6 is 0 Å². The number of cyclic esters (lactones) is 1. The van der Waals surface area contributed by atoms with Gasteiger partial charge in [0.15, 0.2) is 5.78 Å². The number of esters is 1.